The lowest BCUT2D eigenvalue weighted by Crippen LogP contribution is -2.38. The van der Waals surface area contributed by atoms with Crippen molar-refractivity contribution in [1.82, 2.24) is 10.6 Å². The third-order valence-electron chi connectivity index (χ3n) is 3.48. The number of hydrogen-bond donors (Lipinski definition) is 3. The normalized spacial score (nSPS) is 10.4. The van der Waals surface area contributed by atoms with Gasteiger partial charge in [0, 0.05) is 19.3 Å². The van der Waals surface area contributed by atoms with E-state index in [1.165, 1.54) is 7.11 Å². The molecule has 27 heavy (non-hydrogen) atoms. The second-order valence-electron chi connectivity index (χ2n) is 5.33. The van der Waals surface area contributed by atoms with E-state index in [9.17, 15) is 4.79 Å². The van der Waals surface area contributed by atoms with Crippen molar-refractivity contribution < 1.29 is 14.3 Å². The number of guanidine groups is 1. The monoisotopic (exact) mass is 484 g/mol. The average Bonchev–Trinajstić information content (AvgIpc) is 2.69. The molecule has 8 heteroatoms. The smallest absolute Gasteiger partial charge is 0.411 e. The van der Waals surface area contributed by atoms with E-state index in [4.69, 9.17) is 4.74 Å². The van der Waals surface area contributed by atoms with Gasteiger partial charge in [-0.05, 0) is 29.8 Å². The van der Waals surface area contributed by atoms with E-state index in [2.05, 4.69) is 25.7 Å². The van der Waals surface area contributed by atoms with E-state index in [0.717, 1.165) is 11.3 Å². The first-order chi connectivity index (χ1) is 12.7. The fourth-order valence-electron chi connectivity index (χ4n) is 2.14. The Morgan fingerprint density at radius 1 is 1.04 bits per heavy atom. The molecule has 2 aromatic rings. The van der Waals surface area contributed by atoms with Crippen LogP contribution in [-0.2, 0) is 11.3 Å². The number of aliphatic imine (C=N–C) groups is 1. The summed E-state index contributed by atoms with van der Waals surface area (Å²) in [7, 11) is 3.05. The Morgan fingerprint density at radius 2 is 1.74 bits per heavy atom. The molecule has 2 rings (SSSR count). The SMILES string of the molecule is CN=C(NCCOc1ccccc1)NCc1ccc(NC(=O)OC)cc1.I. The number of rotatable bonds is 7. The molecule has 0 bridgehead atoms. The van der Waals surface area contributed by atoms with Gasteiger partial charge in [-0.3, -0.25) is 10.3 Å². The van der Waals surface area contributed by atoms with Crippen LogP contribution in [0, 0.1) is 0 Å². The third-order valence-corrected chi connectivity index (χ3v) is 3.48. The first-order valence-electron chi connectivity index (χ1n) is 8.27. The number of ether oxygens (including phenoxy) is 2. The van der Waals surface area contributed by atoms with Crippen LogP contribution < -0.4 is 20.7 Å². The summed E-state index contributed by atoms with van der Waals surface area (Å²) >= 11 is 0. The van der Waals surface area contributed by atoms with Crippen molar-refractivity contribution in [3.8, 4) is 5.75 Å². The van der Waals surface area contributed by atoms with Gasteiger partial charge >= 0.3 is 6.09 Å². The molecule has 0 atom stereocenters. The minimum Gasteiger partial charge on any atom is -0.492 e. The van der Waals surface area contributed by atoms with E-state index in [0.29, 0.717) is 31.3 Å². The fraction of sp³-hybridized carbons (Fsp3) is 0.263. The Balaban J connectivity index is 0.00000364. The molecular weight excluding hydrogens is 459 g/mol. The number of hydrogen-bond acceptors (Lipinski definition) is 4. The molecule has 0 radical (unpaired) electrons. The summed E-state index contributed by atoms with van der Waals surface area (Å²) in [6, 6.07) is 17.2. The number of carbonyl (C=O) groups excluding carboxylic acids is 1. The number of methoxy groups -OCH3 is 1. The van der Waals surface area contributed by atoms with Crippen LogP contribution in [0.2, 0.25) is 0 Å². The van der Waals surface area contributed by atoms with Crippen molar-refractivity contribution in [3.05, 3.63) is 60.2 Å². The molecule has 0 heterocycles. The minimum absolute atomic E-state index is 0. The van der Waals surface area contributed by atoms with Crippen LogP contribution in [0.1, 0.15) is 5.56 Å². The van der Waals surface area contributed by atoms with Crippen LogP contribution in [0.25, 0.3) is 0 Å². The maximum atomic E-state index is 11.2. The van der Waals surface area contributed by atoms with Crippen LogP contribution in [-0.4, -0.2) is 39.4 Å². The highest BCUT2D eigenvalue weighted by atomic mass is 127. The molecule has 0 aromatic heterocycles. The number of benzene rings is 2. The standard InChI is InChI=1S/C19H24N4O3.HI/c1-20-18(21-12-13-26-17-6-4-3-5-7-17)22-14-15-8-10-16(11-9-15)23-19(24)25-2;/h3-11H,12-14H2,1-2H3,(H,23,24)(H2,20,21,22);1H. The molecule has 0 aliphatic heterocycles. The number of anilines is 1. The van der Waals surface area contributed by atoms with Gasteiger partial charge in [-0.2, -0.15) is 0 Å². The first kappa shape index (κ1) is 22.6. The molecule has 0 aliphatic rings. The van der Waals surface area contributed by atoms with Gasteiger partial charge in [0.1, 0.15) is 12.4 Å². The molecule has 7 nitrogen and oxygen atoms in total. The number of para-hydroxylation sites is 1. The molecule has 0 unspecified atom stereocenters. The second kappa shape index (κ2) is 12.8. The molecule has 2 aromatic carbocycles. The molecule has 146 valence electrons. The van der Waals surface area contributed by atoms with E-state index in [1.807, 2.05) is 54.6 Å². The molecule has 1 amide bonds. The lowest BCUT2D eigenvalue weighted by atomic mass is 10.2. The summed E-state index contributed by atoms with van der Waals surface area (Å²) in [5.41, 5.74) is 1.74. The maximum Gasteiger partial charge on any atom is 0.411 e. The molecular formula is C19H25IN4O3. The van der Waals surface area contributed by atoms with E-state index >= 15 is 0 Å². The average molecular weight is 484 g/mol. The number of nitrogens with zero attached hydrogens (tertiary/aromatic N) is 1. The van der Waals surface area contributed by atoms with Gasteiger partial charge in [0.2, 0.25) is 0 Å². The topological polar surface area (TPSA) is 84.0 Å². The largest absolute Gasteiger partial charge is 0.492 e. The number of halogens is 1. The Bertz CT molecular complexity index is 709. The predicted molar refractivity (Wildman–Crippen MR) is 118 cm³/mol. The molecule has 0 saturated carbocycles. The molecule has 0 spiro atoms. The quantitative estimate of drug-likeness (QED) is 0.243. The van der Waals surface area contributed by atoms with Crippen molar-refractivity contribution in [2.24, 2.45) is 4.99 Å². The highest BCUT2D eigenvalue weighted by Gasteiger charge is 2.02. The summed E-state index contributed by atoms with van der Waals surface area (Å²) in [5.74, 6) is 1.54. The highest BCUT2D eigenvalue weighted by Crippen LogP contribution is 2.10. The Hall–Kier alpha value is -2.49. The van der Waals surface area contributed by atoms with Crippen molar-refractivity contribution in [3.63, 3.8) is 0 Å². The van der Waals surface area contributed by atoms with Crippen LogP contribution >= 0.6 is 24.0 Å². The summed E-state index contributed by atoms with van der Waals surface area (Å²) in [4.78, 5) is 15.3. The zero-order chi connectivity index (χ0) is 18.6. The van der Waals surface area contributed by atoms with Crippen LogP contribution in [0.5, 0.6) is 5.75 Å². The van der Waals surface area contributed by atoms with Crippen molar-refractivity contribution >= 4 is 41.7 Å². The van der Waals surface area contributed by atoms with Gasteiger partial charge in [0.05, 0.1) is 13.7 Å². The fourth-order valence-corrected chi connectivity index (χ4v) is 2.14. The molecule has 0 saturated heterocycles. The highest BCUT2D eigenvalue weighted by molar-refractivity contribution is 14.0. The summed E-state index contributed by atoms with van der Waals surface area (Å²) in [6.07, 6.45) is -0.488. The Kier molecular flexibility index (Phi) is 10.7. The Morgan fingerprint density at radius 3 is 2.37 bits per heavy atom. The van der Waals surface area contributed by atoms with Gasteiger partial charge in [0.15, 0.2) is 5.96 Å². The van der Waals surface area contributed by atoms with E-state index < -0.39 is 6.09 Å². The van der Waals surface area contributed by atoms with Gasteiger partial charge in [-0.15, -0.1) is 24.0 Å². The summed E-state index contributed by atoms with van der Waals surface area (Å²) in [5, 5.41) is 9.03. The van der Waals surface area contributed by atoms with Gasteiger partial charge in [0.25, 0.3) is 0 Å². The molecule has 3 N–H and O–H groups in total. The Labute approximate surface area is 176 Å². The van der Waals surface area contributed by atoms with Gasteiger partial charge < -0.3 is 20.1 Å². The second-order valence-corrected chi connectivity index (χ2v) is 5.33. The van der Waals surface area contributed by atoms with Gasteiger partial charge in [-0.1, -0.05) is 30.3 Å². The minimum atomic E-state index is -0.488. The number of carbonyl (C=O) groups is 1. The maximum absolute atomic E-state index is 11.2. The van der Waals surface area contributed by atoms with Crippen LogP contribution in [0.4, 0.5) is 10.5 Å². The molecule has 0 aliphatic carbocycles. The lowest BCUT2D eigenvalue weighted by molar-refractivity contribution is 0.187. The summed E-state index contributed by atoms with van der Waals surface area (Å²) in [6.45, 7) is 1.78. The number of nitrogens with one attached hydrogen (secondary N) is 3. The van der Waals surface area contributed by atoms with Crippen molar-refractivity contribution in [2.75, 3.05) is 32.6 Å². The van der Waals surface area contributed by atoms with Gasteiger partial charge in [-0.25, -0.2) is 4.79 Å². The zero-order valence-electron chi connectivity index (χ0n) is 15.4. The summed E-state index contributed by atoms with van der Waals surface area (Å²) < 4.78 is 10.2. The molecule has 0 fully saturated rings. The van der Waals surface area contributed by atoms with Crippen LogP contribution in [0.3, 0.4) is 0 Å². The van der Waals surface area contributed by atoms with E-state index in [-0.39, 0.29) is 24.0 Å². The van der Waals surface area contributed by atoms with Crippen LogP contribution in [0.15, 0.2) is 59.6 Å². The van der Waals surface area contributed by atoms with E-state index in [1.54, 1.807) is 7.05 Å². The lowest BCUT2D eigenvalue weighted by Gasteiger charge is -2.13. The van der Waals surface area contributed by atoms with Crippen molar-refractivity contribution in [1.29, 1.82) is 0 Å². The zero-order valence-corrected chi connectivity index (χ0v) is 17.7. The number of amides is 1. The van der Waals surface area contributed by atoms with Crippen molar-refractivity contribution in [2.45, 2.75) is 6.54 Å². The first-order valence-corrected chi connectivity index (χ1v) is 8.27. The predicted octanol–water partition coefficient (Wildman–Crippen LogP) is 3.23. The third kappa shape index (κ3) is 8.63.